The Kier molecular flexibility index (Phi) is 3.67. The van der Waals surface area contributed by atoms with Gasteiger partial charge in [0.2, 0.25) is 0 Å². The summed E-state index contributed by atoms with van der Waals surface area (Å²) in [6.07, 6.45) is 2.11. The van der Waals surface area contributed by atoms with Gasteiger partial charge in [-0.1, -0.05) is 5.92 Å². The van der Waals surface area contributed by atoms with Crippen molar-refractivity contribution in [1.29, 1.82) is 0 Å². The van der Waals surface area contributed by atoms with Crippen LogP contribution in [0.5, 0.6) is 0 Å². The van der Waals surface area contributed by atoms with Crippen LogP contribution in [-0.2, 0) is 4.79 Å². The Morgan fingerprint density at radius 2 is 2.44 bits per heavy atom. The first kappa shape index (κ1) is 11.7. The number of likely N-dealkylation sites (tertiary alicyclic amines) is 1. The van der Waals surface area contributed by atoms with E-state index in [-0.39, 0.29) is 11.9 Å². The Bertz CT molecular complexity index is 457. The molecule has 0 radical (unpaired) electrons. The number of nitrogens with zero attached hydrogens (tertiary/aromatic N) is 1. The number of halogens is 1. The van der Waals surface area contributed by atoms with Gasteiger partial charge in [-0.3, -0.25) is 4.79 Å². The van der Waals surface area contributed by atoms with Gasteiger partial charge in [0.1, 0.15) is 0 Å². The van der Waals surface area contributed by atoms with E-state index in [1.165, 1.54) is 4.88 Å². The summed E-state index contributed by atoms with van der Waals surface area (Å²) in [7, 11) is 0. The zero-order chi connectivity index (χ0) is 11.5. The second kappa shape index (κ2) is 5.03. The molecule has 0 aliphatic carbocycles. The van der Waals surface area contributed by atoms with Gasteiger partial charge in [0.25, 0.3) is 5.91 Å². The highest BCUT2D eigenvalue weighted by atomic mass is 79.9. The van der Waals surface area contributed by atoms with Crippen LogP contribution in [0.15, 0.2) is 15.9 Å². The number of hydrogen-bond donors (Lipinski definition) is 0. The predicted molar refractivity (Wildman–Crippen MR) is 69.2 cm³/mol. The van der Waals surface area contributed by atoms with Crippen LogP contribution in [0, 0.1) is 11.8 Å². The van der Waals surface area contributed by atoms with Crippen LogP contribution < -0.4 is 0 Å². The van der Waals surface area contributed by atoms with E-state index in [4.69, 9.17) is 0 Å². The van der Waals surface area contributed by atoms with Crippen LogP contribution in [0.4, 0.5) is 0 Å². The molecule has 1 atom stereocenters. The highest BCUT2D eigenvalue weighted by molar-refractivity contribution is 9.11. The summed E-state index contributed by atoms with van der Waals surface area (Å²) in [6, 6.07) is 4.35. The van der Waals surface area contributed by atoms with E-state index in [9.17, 15) is 4.79 Å². The Labute approximate surface area is 108 Å². The van der Waals surface area contributed by atoms with Gasteiger partial charge in [-0.2, -0.15) is 0 Å². The molecule has 84 valence electrons. The zero-order valence-corrected chi connectivity index (χ0v) is 11.4. The molecule has 1 fully saturated rings. The van der Waals surface area contributed by atoms with Crippen molar-refractivity contribution in [2.24, 2.45) is 0 Å². The molecule has 1 amide bonds. The van der Waals surface area contributed by atoms with E-state index in [2.05, 4.69) is 33.8 Å². The highest BCUT2D eigenvalue weighted by Crippen LogP contribution is 2.37. The van der Waals surface area contributed by atoms with Crippen LogP contribution in [-0.4, -0.2) is 17.4 Å². The lowest BCUT2D eigenvalue weighted by Crippen LogP contribution is -2.28. The molecular weight excluding hydrogens is 286 g/mol. The van der Waals surface area contributed by atoms with E-state index in [0.717, 1.165) is 23.2 Å². The zero-order valence-electron chi connectivity index (χ0n) is 9.00. The van der Waals surface area contributed by atoms with Crippen molar-refractivity contribution in [1.82, 2.24) is 4.90 Å². The van der Waals surface area contributed by atoms with E-state index in [0.29, 0.717) is 0 Å². The number of carbonyl (C=O) groups is 1. The maximum atomic E-state index is 11.8. The van der Waals surface area contributed by atoms with Gasteiger partial charge in [0, 0.05) is 11.4 Å². The average molecular weight is 298 g/mol. The summed E-state index contributed by atoms with van der Waals surface area (Å²) in [5.41, 5.74) is 0. The van der Waals surface area contributed by atoms with Crippen molar-refractivity contribution in [2.75, 3.05) is 6.54 Å². The molecule has 0 aromatic carbocycles. The summed E-state index contributed by atoms with van der Waals surface area (Å²) < 4.78 is 1.11. The Hall–Kier alpha value is -0.790. The average Bonchev–Trinajstić information content (AvgIpc) is 2.85. The third kappa shape index (κ3) is 2.31. The molecule has 2 heterocycles. The summed E-state index contributed by atoms with van der Waals surface area (Å²) >= 11 is 5.15. The van der Waals surface area contributed by atoms with Gasteiger partial charge in [-0.15, -0.1) is 11.3 Å². The first-order valence-corrected chi connectivity index (χ1v) is 6.82. The molecule has 1 aliphatic rings. The molecule has 2 rings (SSSR count). The van der Waals surface area contributed by atoms with Gasteiger partial charge in [-0.25, -0.2) is 0 Å². The molecule has 0 N–H and O–H groups in total. The minimum atomic E-state index is -0.0467. The van der Waals surface area contributed by atoms with E-state index in [1.807, 2.05) is 11.0 Å². The quantitative estimate of drug-likeness (QED) is 0.729. The van der Waals surface area contributed by atoms with Crippen molar-refractivity contribution in [3.8, 4) is 11.8 Å². The van der Waals surface area contributed by atoms with Crippen molar-refractivity contribution >= 4 is 33.2 Å². The van der Waals surface area contributed by atoms with Crippen LogP contribution in [0.25, 0.3) is 0 Å². The molecule has 1 aromatic heterocycles. The van der Waals surface area contributed by atoms with Crippen LogP contribution in [0.2, 0.25) is 0 Å². The van der Waals surface area contributed by atoms with Gasteiger partial charge in [0.05, 0.1) is 9.83 Å². The highest BCUT2D eigenvalue weighted by Gasteiger charge is 2.29. The molecular formula is C12H12BrNOS. The van der Waals surface area contributed by atoms with Gasteiger partial charge >= 0.3 is 0 Å². The summed E-state index contributed by atoms with van der Waals surface area (Å²) in [5.74, 6) is 5.25. The SMILES string of the molecule is CC#CC(=O)N1CCCC1c1ccc(Br)s1. The molecule has 16 heavy (non-hydrogen) atoms. The summed E-state index contributed by atoms with van der Waals surface area (Å²) in [5, 5.41) is 0. The topological polar surface area (TPSA) is 20.3 Å². The fraction of sp³-hybridized carbons (Fsp3) is 0.417. The van der Waals surface area contributed by atoms with Gasteiger partial charge in [-0.05, 0) is 53.7 Å². The third-order valence-corrected chi connectivity index (χ3v) is 4.39. The predicted octanol–water partition coefficient (Wildman–Crippen LogP) is 3.20. The van der Waals surface area contributed by atoms with Crippen molar-refractivity contribution in [3.05, 3.63) is 20.8 Å². The lowest BCUT2D eigenvalue weighted by Gasteiger charge is -2.21. The second-order valence-corrected chi connectivity index (χ2v) is 6.17. The molecule has 4 heteroatoms. The van der Waals surface area contributed by atoms with Gasteiger partial charge in [0.15, 0.2) is 0 Å². The maximum absolute atomic E-state index is 11.8. The van der Waals surface area contributed by atoms with Crippen molar-refractivity contribution < 1.29 is 4.79 Å². The van der Waals surface area contributed by atoms with Crippen LogP contribution in [0.1, 0.15) is 30.7 Å². The first-order valence-electron chi connectivity index (χ1n) is 5.21. The molecule has 1 aliphatic heterocycles. The normalized spacial score (nSPS) is 19.4. The lowest BCUT2D eigenvalue weighted by atomic mass is 10.2. The van der Waals surface area contributed by atoms with Crippen molar-refractivity contribution in [2.45, 2.75) is 25.8 Å². The van der Waals surface area contributed by atoms with Crippen molar-refractivity contribution in [3.63, 3.8) is 0 Å². The molecule has 1 unspecified atom stereocenters. The Morgan fingerprint density at radius 3 is 3.06 bits per heavy atom. The summed E-state index contributed by atoms with van der Waals surface area (Å²) in [6.45, 7) is 2.53. The van der Waals surface area contributed by atoms with Crippen LogP contribution in [0.3, 0.4) is 0 Å². The first-order chi connectivity index (χ1) is 7.72. The third-order valence-electron chi connectivity index (χ3n) is 2.67. The van der Waals surface area contributed by atoms with E-state index >= 15 is 0 Å². The fourth-order valence-corrected chi connectivity index (χ4v) is 3.56. The Morgan fingerprint density at radius 1 is 1.62 bits per heavy atom. The minimum Gasteiger partial charge on any atom is -0.324 e. The molecule has 2 nitrogen and oxygen atoms in total. The summed E-state index contributed by atoms with van der Waals surface area (Å²) in [4.78, 5) is 14.9. The van der Waals surface area contributed by atoms with E-state index < -0.39 is 0 Å². The Balaban J connectivity index is 2.20. The second-order valence-electron chi connectivity index (χ2n) is 3.67. The van der Waals surface area contributed by atoms with E-state index in [1.54, 1.807) is 18.3 Å². The standard InChI is InChI=1S/C12H12BrNOS/c1-2-4-12(15)14-8-3-5-9(14)10-6-7-11(13)16-10/h6-7,9H,3,5,8H2,1H3. The molecule has 1 saturated heterocycles. The fourth-order valence-electron chi connectivity index (χ4n) is 1.99. The van der Waals surface area contributed by atoms with Gasteiger partial charge < -0.3 is 4.90 Å². The molecule has 0 bridgehead atoms. The smallest absolute Gasteiger partial charge is 0.298 e. The minimum absolute atomic E-state index is 0.0467. The number of hydrogen-bond acceptors (Lipinski definition) is 2. The number of amides is 1. The molecule has 0 spiro atoms. The lowest BCUT2D eigenvalue weighted by molar-refractivity contribution is -0.125. The largest absolute Gasteiger partial charge is 0.324 e. The molecule has 0 saturated carbocycles. The monoisotopic (exact) mass is 297 g/mol. The number of rotatable bonds is 1. The maximum Gasteiger partial charge on any atom is 0.298 e. The number of thiophene rings is 1. The molecule has 1 aromatic rings. The van der Waals surface area contributed by atoms with Crippen LogP contribution >= 0.6 is 27.3 Å². The number of carbonyl (C=O) groups excluding carboxylic acids is 1.